The molecule has 4 rings (SSSR count). The summed E-state index contributed by atoms with van der Waals surface area (Å²) < 4.78 is 0. The van der Waals surface area contributed by atoms with E-state index in [1.54, 1.807) is 0 Å². The van der Waals surface area contributed by atoms with Gasteiger partial charge in [0, 0.05) is 16.0 Å². The third-order valence-corrected chi connectivity index (χ3v) is 5.67. The molecule has 1 unspecified atom stereocenters. The second-order valence-corrected chi connectivity index (χ2v) is 7.92. The molecule has 0 bridgehead atoms. The van der Waals surface area contributed by atoms with Crippen LogP contribution in [0.25, 0.3) is 16.5 Å². The Bertz CT molecular complexity index is 1020. The molecule has 2 nitrogen and oxygen atoms in total. The Balaban J connectivity index is 1.50. The summed E-state index contributed by atoms with van der Waals surface area (Å²) in [5.74, 6) is 0. The van der Waals surface area contributed by atoms with E-state index in [-0.39, 0.29) is 6.04 Å². The summed E-state index contributed by atoms with van der Waals surface area (Å²) in [4.78, 5) is 7.05. The molecular formula is C24H22N2S. The number of rotatable bonds is 4. The van der Waals surface area contributed by atoms with Crippen molar-refractivity contribution in [3.8, 4) is 10.4 Å². The molecule has 0 saturated carbocycles. The van der Waals surface area contributed by atoms with Gasteiger partial charge in [0.15, 0.2) is 0 Å². The molecule has 0 radical (unpaired) electrons. The Morgan fingerprint density at radius 3 is 2.63 bits per heavy atom. The van der Waals surface area contributed by atoms with E-state index in [4.69, 9.17) is 0 Å². The molecule has 0 aliphatic carbocycles. The number of benzene rings is 1. The van der Waals surface area contributed by atoms with Crippen LogP contribution in [-0.4, -0.2) is 4.98 Å². The minimum absolute atomic E-state index is 0.112. The number of allylic oxidation sites excluding steroid dienone is 3. The first kappa shape index (κ1) is 17.5. The molecule has 27 heavy (non-hydrogen) atoms. The highest BCUT2D eigenvalue weighted by Gasteiger charge is 2.11. The van der Waals surface area contributed by atoms with Gasteiger partial charge in [-0.15, -0.1) is 11.3 Å². The molecule has 0 amide bonds. The van der Waals surface area contributed by atoms with Gasteiger partial charge in [0.25, 0.3) is 0 Å². The van der Waals surface area contributed by atoms with Crippen LogP contribution in [0.2, 0.25) is 0 Å². The maximum absolute atomic E-state index is 4.50. The normalized spacial score (nSPS) is 16.4. The molecular weight excluding hydrogens is 348 g/mol. The average Bonchev–Trinajstić information content (AvgIpc) is 3.16. The molecule has 2 aromatic heterocycles. The topological polar surface area (TPSA) is 24.9 Å². The first-order chi connectivity index (χ1) is 13.2. The SMILES string of the molecule is Cc1ccc(-c2ccc(/C=C/C3=CC(c4cc(C)ccn4)NC=C3)s2)cc1. The van der Waals surface area contributed by atoms with Crippen molar-refractivity contribution < 1.29 is 0 Å². The van der Waals surface area contributed by atoms with Crippen LogP contribution < -0.4 is 5.32 Å². The number of hydrogen-bond acceptors (Lipinski definition) is 3. The van der Waals surface area contributed by atoms with E-state index in [0.29, 0.717) is 0 Å². The van der Waals surface area contributed by atoms with Crippen LogP contribution >= 0.6 is 11.3 Å². The summed E-state index contributed by atoms with van der Waals surface area (Å²) in [6.45, 7) is 4.21. The maximum Gasteiger partial charge on any atom is 0.0874 e. The molecule has 0 fully saturated rings. The second-order valence-electron chi connectivity index (χ2n) is 6.80. The lowest BCUT2D eigenvalue weighted by Crippen LogP contribution is -2.17. The van der Waals surface area contributed by atoms with Crippen molar-refractivity contribution >= 4 is 17.4 Å². The summed E-state index contributed by atoms with van der Waals surface area (Å²) in [5.41, 5.74) is 6.02. The summed E-state index contributed by atoms with van der Waals surface area (Å²) in [7, 11) is 0. The lowest BCUT2D eigenvalue weighted by Gasteiger charge is -2.17. The molecule has 134 valence electrons. The van der Waals surface area contributed by atoms with Crippen molar-refractivity contribution in [2.24, 2.45) is 0 Å². The van der Waals surface area contributed by atoms with Crippen molar-refractivity contribution in [3.63, 3.8) is 0 Å². The van der Waals surface area contributed by atoms with Gasteiger partial charge in [-0.05, 0) is 79.2 Å². The quantitative estimate of drug-likeness (QED) is 0.589. The molecule has 0 saturated heterocycles. The zero-order valence-electron chi connectivity index (χ0n) is 15.5. The summed E-state index contributed by atoms with van der Waals surface area (Å²) in [6.07, 6.45) is 12.5. The van der Waals surface area contributed by atoms with Crippen LogP contribution in [0.1, 0.15) is 27.7 Å². The van der Waals surface area contributed by atoms with Crippen LogP contribution in [0.5, 0.6) is 0 Å². The highest BCUT2D eigenvalue weighted by molar-refractivity contribution is 7.16. The number of hydrogen-bond donors (Lipinski definition) is 1. The smallest absolute Gasteiger partial charge is 0.0874 e. The van der Waals surface area contributed by atoms with Gasteiger partial charge in [-0.25, -0.2) is 0 Å². The molecule has 3 aromatic rings. The predicted molar refractivity (Wildman–Crippen MR) is 116 cm³/mol. The molecule has 1 aliphatic heterocycles. The van der Waals surface area contributed by atoms with E-state index in [1.807, 2.05) is 29.8 Å². The van der Waals surface area contributed by atoms with E-state index < -0.39 is 0 Å². The molecule has 1 aromatic carbocycles. The number of nitrogens with one attached hydrogen (secondary N) is 1. The van der Waals surface area contributed by atoms with Crippen molar-refractivity contribution in [2.75, 3.05) is 0 Å². The minimum atomic E-state index is 0.112. The van der Waals surface area contributed by atoms with Gasteiger partial charge < -0.3 is 5.32 Å². The third-order valence-electron chi connectivity index (χ3n) is 4.57. The van der Waals surface area contributed by atoms with Gasteiger partial charge in [-0.2, -0.15) is 0 Å². The fourth-order valence-electron chi connectivity index (χ4n) is 3.05. The van der Waals surface area contributed by atoms with Crippen LogP contribution in [-0.2, 0) is 0 Å². The molecule has 0 spiro atoms. The number of aromatic nitrogens is 1. The highest BCUT2D eigenvalue weighted by Crippen LogP contribution is 2.29. The van der Waals surface area contributed by atoms with E-state index in [9.17, 15) is 0 Å². The van der Waals surface area contributed by atoms with E-state index in [0.717, 1.165) is 5.69 Å². The molecule has 1 N–H and O–H groups in total. The van der Waals surface area contributed by atoms with Gasteiger partial charge in [0.2, 0.25) is 0 Å². The summed E-state index contributed by atoms with van der Waals surface area (Å²) >= 11 is 1.81. The Morgan fingerprint density at radius 1 is 0.963 bits per heavy atom. The lowest BCUT2D eigenvalue weighted by molar-refractivity contribution is 0.716. The Hall–Kier alpha value is -2.91. The second kappa shape index (κ2) is 7.77. The van der Waals surface area contributed by atoms with Crippen molar-refractivity contribution in [1.29, 1.82) is 0 Å². The summed E-state index contributed by atoms with van der Waals surface area (Å²) in [5, 5.41) is 3.37. The van der Waals surface area contributed by atoms with E-state index in [2.05, 4.69) is 90.9 Å². The van der Waals surface area contributed by atoms with Gasteiger partial charge in [-0.3, -0.25) is 4.98 Å². The molecule has 1 atom stereocenters. The largest absolute Gasteiger partial charge is 0.379 e. The van der Waals surface area contributed by atoms with Crippen molar-refractivity contribution in [2.45, 2.75) is 19.9 Å². The Morgan fingerprint density at radius 2 is 1.81 bits per heavy atom. The van der Waals surface area contributed by atoms with Crippen LogP contribution in [0.15, 0.2) is 84.7 Å². The van der Waals surface area contributed by atoms with Crippen LogP contribution in [0.4, 0.5) is 0 Å². The highest BCUT2D eigenvalue weighted by atomic mass is 32.1. The molecule has 3 heteroatoms. The summed E-state index contributed by atoms with van der Waals surface area (Å²) in [6, 6.07) is 17.3. The zero-order chi connectivity index (χ0) is 18.6. The van der Waals surface area contributed by atoms with E-state index in [1.165, 1.54) is 32.0 Å². The van der Waals surface area contributed by atoms with Gasteiger partial charge in [0.05, 0.1) is 11.7 Å². The fourth-order valence-corrected chi connectivity index (χ4v) is 3.97. The number of dihydropyridines is 1. The molecule has 3 heterocycles. The Kier molecular flexibility index (Phi) is 5.03. The van der Waals surface area contributed by atoms with Crippen molar-refractivity contribution in [3.05, 3.63) is 106 Å². The maximum atomic E-state index is 4.50. The monoisotopic (exact) mass is 370 g/mol. The first-order valence-corrected chi connectivity index (χ1v) is 9.91. The number of pyridine rings is 1. The van der Waals surface area contributed by atoms with Gasteiger partial charge in [-0.1, -0.05) is 35.9 Å². The minimum Gasteiger partial charge on any atom is -0.379 e. The number of thiophene rings is 1. The van der Waals surface area contributed by atoms with Crippen LogP contribution in [0.3, 0.4) is 0 Å². The van der Waals surface area contributed by atoms with Crippen molar-refractivity contribution in [1.82, 2.24) is 10.3 Å². The third kappa shape index (κ3) is 4.26. The zero-order valence-corrected chi connectivity index (χ0v) is 16.3. The molecule has 1 aliphatic rings. The van der Waals surface area contributed by atoms with E-state index >= 15 is 0 Å². The van der Waals surface area contributed by atoms with Crippen LogP contribution in [0, 0.1) is 13.8 Å². The number of aryl methyl sites for hydroxylation is 2. The lowest BCUT2D eigenvalue weighted by atomic mass is 10.0. The predicted octanol–water partition coefficient (Wildman–Crippen LogP) is 6.22. The number of nitrogens with zero attached hydrogens (tertiary/aromatic N) is 1. The average molecular weight is 371 g/mol. The van der Waals surface area contributed by atoms with Gasteiger partial charge in [0.1, 0.15) is 0 Å². The Labute approximate surface area is 164 Å². The first-order valence-electron chi connectivity index (χ1n) is 9.09. The fraction of sp³-hybridized carbons (Fsp3) is 0.125. The van der Waals surface area contributed by atoms with Gasteiger partial charge >= 0.3 is 0 Å². The standard InChI is InChI=1S/C24H22N2S/c1-17-3-6-20(7-4-17)24-10-9-21(27-24)8-5-19-12-14-26-23(16-19)22-15-18(2)11-13-25-22/h3-16,23,26H,1-2H3/b8-5+.